The van der Waals surface area contributed by atoms with Crippen LogP contribution >= 0.6 is 0 Å². The normalized spacial score (nSPS) is 15.0. The molecule has 0 aromatic heterocycles. The van der Waals surface area contributed by atoms with E-state index >= 15 is 0 Å². The fourth-order valence-electron chi connectivity index (χ4n) is 2.72. The Morgan fingerprint density at radius 3 is 2.67 bits per heavy atom. The summed E-state index contributed by atoms with van der Waals surface area (Å²) in [4.78, 5) is 0. The number of rotatable bonds is 4. The summed E-state index contributed by atoms with van der Waals surface area (Å²) in [7, 11) is 0. The molecule has 3 rings (SSSR count). The molecule has 1 atom stereocenters. The Balaban J connectivity index is 2.01. The van der Waals surface area contributed by atoms with E-state index in [0.29, 0.717) is 25.3 Å². The second-order valence-electron chi connectivity index (χ2n) is 5.18. The molecule has 0 bridgehead atoms. The van der Waals surface area contributed by atoms with Gasteiger partial charge in [-0.25, -0.2) is 8.78 Å². The first-order chi connectivity index (χ1) is 10.2. The van der Waals surface area contributed by atoms with Gasteiger partial charge >= 0.3 is 0 Å². The Morgan fingerprint density at radius 2 is 1.90 bits per heavy atom. The molecule has 2 aromatic rings. The summed E-state index contributed by atoms with van der Waals surface area (Å²) in [5, 5.41) is 3.26. The SMILES string of the molecule is CCNC(c1ccc2c(c1)COC2)c1ccc(F)cc1F. The Bertz CT molecular complexity index is 657. The number of hydrogen-bond donors (Lipinski definition) is 1. The van der Waals surface area contributed by atoms with E-state index in [-0.39, 0.29) is 6.04 Å². The van der Waals surface area contributed by atoms with Gasteiger partial charge in [-0.3, -0.25) is 0 Å². The van der Waals surface area contributed by atoms with Crippen LogP contribution in [0.2, 0.25) is 0 Å². The molecule has 0 saturated heterocycles. The van der Waals surface area contributed by atoms with E-state index < -0.39 is 11.6 Å². The summed E-state index contributed by atoms with van der Waals surface area (Å²) in [5.41, 5.74) is 3.73. The van der Waals surface area contributed by atoms with Crippen molar-refractivity contribution in [3.8, 4) is 0 Å². The second kappa shape index (κ2) is 5.92. The van der Waals surface area contributed by atoms with Crippen molar-refractivity contribution in [3.05, 3.63) is 70.3 Å². The summed E-state index contributed by atoms with van der Waals surface area (Å²) >= 11 is 0. The smallest absolute Gasteiger partial charge is 0.131 e. The van der Waals surface area contributed by atoms with Crippen LogP contribution in [0.3, 0.4) is 0 Å². The van der Waals surface area contributed by atoms with Crippen LogP contribution in [0.4, 0.5) is 8.78 Å². The highest BCUT2D eigenvalue weighted by Crippen LogP contribution is 2.29. The van der Waals surface area contributed by atoms with Gasteiger partial charge in [0.2, 0.25) is 0 Å². The summed E-state index contributed by atoms with van der Waals surface area (Å²) < 4.78 is 32.6. The van der Waals surface area contributed by atoms with E-state index in [0.717, 1.165) is 17.2 Å². The average Bonchev–Trinajstić information content (AvgIpc) is 2.93. The first-order valence-electron chi connectivity index (χ1n) is 7.07. The standard InChI is InChI=1S/C17H17F2NO/c1-2-20-17(15-6-5-14(18)8-16(15)19)11-3-4-12-9-21-10-13(12)7-11/h3-8,17,20H,2,9-10H2,1H3. The first-order valence-corrected chi connectivity index (χ1v) is 7.07. The highest BCUT2D eigenvalue weighted by atomic mass is 19.1. The molecule has 0 saturated carbocycles. The van der Waals surface area contributed by atoms with Crippen LogP contribution in [0, 0.1) is 11.6 Å². The summed E-state index contributed by atoms with van der Waals surface area (Å²) in [5.74, 6) is -1.09. The lowest BCUT2D eigenvalue weighted by Gasteiger charge is -2.20. The predicted octanol–water partition coefficient (Wildman–Crippen LogP) is 3.69. The van der Waals surface area contributed by atoms with Crippen LogP contribution in [-0.4, -0.2) is 6.54 Å². The molecule has 2 aromatic carbocycles. The monoisotopic (exact) mass is 289 g/mol. The molecular weight excluding hydrogens is 272 g/mol. The van der Waals surface area contributed by atoms with E-state index in [1.165, 1.54) is 17.7 Å². The zero-order valence-electron chi connectivity index (χ0n) is 11.8. The van der Waals surface area contributed by atoms with Crippen LogP contribution in [0.5, 0.6) is 0 Å². The lowest BCUT2D eigenvalue weighted by molar-refractivity contribution is 0.134. The molecule has 21 heavy (non-hydrogen) atoms. The lowest BCUT2D eigenvalue weighted by Crippen LogP contribution is -2.23. The average molecular weight is 289 g/mol. The summed E-state index contributed by atoms with van der Waals surface area (Å²) in [6.45, 7) is 3.88. The van der Waals surface area contributed by atoms with Crippen molar-refractivity contribution in [1.29, 1.82) is 0 Å². The largest absolute Gasteiger partial charge is 0.372 e. The van der Waals surface area contributed by atoms with Gasteiger partial charge in [0.1, 0.15) is 11.6 Å². The van der Waals surface area contributed by atoms with Gasteiger partial charge in [0.15, 0.2) is 0 Å². The quantitative estimate of drug-likeness (QED) is 0.926. The van der Waals surface area contributed by atoms with Crippen LogP contribution in [0.15, 0.2) is 36.4 Å². The molecular formula is C17H17F2NO. The van der Waals surface area contributed by atoms with Gasteiger partial charge in [-0.15, -0.1) is 0 Å². The minimum absolute atomic E-state index is 0.290. The molecule has 1 aliphatic heterocycles. The van der Waals surface area contributed by atoms with Crippen molar-refractivity contribution in [3.63, 3.8) is 0 Å². The van der Waals surface area contributed by atoms with E-state index in [1.54, 1.807) is 0 Å². The number of nitrogens with one attached hydrogen (secondary N) is 1. The van der Waals surface area contributed by atoms with Crippen LogP contribution in [0.1, 0.15) is 35.2 Å². The molecule has 110 valence electrons. The van der Waals surface area contributed by atoms with Gasteiger partial charge in [-0.05, 0) is 29.3 Å². The Kier molecular flexibility index (Phi) is 3.99. The van der Waals surface area contributed by atoms with E-state index in [2.05, 4.69) is 5.32 Å². The van der Waals surface area contributed by atoms with Crippen LogP contribution < -0.4 is 5.32 Å². The van der Waals surface area contributed by atoms with E-state index in [4.69, 9.17) is 4.74 Å². The minimum Gasteiger partial charge on any atom is -0.372 e. The summed E-state index contributed by atoms with van der Waals surface area (Å²) in [6, 6.07) is 9.46. The van der Waals surface area contributed by atoms with E-state index in [9.17, 15) is 8.78 Å². The fourth-order valence-corrected chi connectivity index (χ4v) is 2.72. The van der Waals surface area contributed by atoms with Crippen molar-refractivity contribution in [2.45, 2.75) is 26.2 Å². The van der Waals surface area contributed by atoms with Crippen LogP contribution in [-0.2, 0) is 18.0 Å². The van der Waals surface area contributed by atoms with Gasteiger partial charge < -0.3 is 10.1 Å². The first kappa shape index (κ1) is 14.2. The third kappa shape index (κ3) is 2.82. The molecule has 4 heteroatoms. The van der Waals surface area contributed by atoms with Crippen molar-refractivity contribution < 1.29 is 13.5 Å². The zero-order valence-corrected chi connectivity index (χ0v) is 11.8. The number of benzene rings is 2. The van der Waals surface area contributed by atoms with Gasteiger partial charge in [0, 0.05) is 11.6 Å². The third-order valence-electron chi connectivity index (χ3n) is 3.76. The Labute approximate surface area is 122 Å². The fraction of sp³-hybridized carbons (Fsp3) is 0.294. The minimum atomic E-state index is -0.561. The third-order valence-corrected chi connectivity index (χ3v) is 3.76. The maximum Gasteiger partial charge on any atom is 0.131 e. The molecule has 1 N–H and O–H groups in total. The molecule has 0 aliphatic carbocycles. The molecule has 0 radical (unpaired) electrons. The Morgan fingerprint density at radius 1 is 1.10 bits per heavy atom. The molecule has 0 spiro atoms. The maximum atomic E-state index is 14.1. The number of halogens is 2. The molecule has 1 aliphatic rings. The zero-order chi connectivity index (χ0) is 14.8. The number of hydrogen-bond acceptors (Lipinski definition) is 2. The highest BCUT2D eigenvalue weighted by molar-refractivity contribution is 5.39. The lowest BCUT2D eigenvalue weighted by atomic mass is 9.95. The van der Waals surface area contributed by atoms with Gasteiger partial charge in [-0.1, -0.05) is 31.2 Å². The van der Waals surface area contributed by atoms with Crippen molar-refractivity contribution >= 4 is 0 Å². The molecule has 0 fully saturated rings. The molecule has 1 heterocycles. The number of fused-ring (bicyclic) bond motifs is 1. The second-order valence-corrected chi connectivity index (χ2v) is 5.18. The number of ether oxygens (including phenoxy) is 1. The maximum absolute atomic E-state index is 14.1. The summed E-state index contributed by atoms with van der Waals surface area (Å²) in [6.07, 6.45) is 0. The molecule has 0 amide bonds. The van der Waals surface area contributed by atoms with Crippen molar-refractivity contribution in [2.75, 3.05) is 6.54 Å². The Hall–Kier alpha value is -1.78. The molecule has 1 unspecified atom stereocenters. The van der Waals surface area contributed by atoms with Crippen molar-refractivity contribution in [2.24, 2.45) is 0 Å². The predicted molar refractivity (Wildman–Crippen MR) is 76.8 cm³/mol. The van der Waals surface area contributed by atoms with Crippen molar-refractivity contribution in [1.82, 2.24) is 5.32 Å². The van der Waals surface area contributed by atoms with Crippen LogP contribution in [0.25, 0.3) is 0 Å². The topological polar surface area (TPSA) is 21.3 Å². The van der Waals surface area contributed by atoms with E-state index in [1.807, 2.05) is 25.1 Å². The highest BCUT2D eigenvalue weighted by Gasteiger charge is 2.20. The van der Waals surface area contributed by atoms with Gasteiger partial charge in [0.25, 0.3) is 0 Å². The molecule has 2 nitrogen and oxygen atoms in total. The van der Waals surface area contributed by atoms with Gasteiger partial charge in [0.05, 0.1) is 19.3 Å². The van der Waals surface area contributed by atoms with Gasteiger partial charge in [-0.2, -0.15) is 0 Å².